The third-order valence-corrected chi connectivity index (χ3v) is 3.91. The van der Waals surface area contributed by atoms with E-state index in [9.17, 15) is 0 Å². The summed E-state index contributed by atoms with van der Waals surface area (Å²) in [5.41, 5.74) is 12.2. The van der Waals surface area contributed by atoms with Crippen LogP contribution in [0.3, 0.4) is 0 Å². The molecule has 6 nitrogen and oxygen atoms in total. The van der Waals surface area contributed by atoms with Gasteiger partial charge in [0.15, 0.2) is 0 Å². The van der Waals surface area contributed by atoms with Gasteiger partial charge in [-0.1, -0.05) is 7.43 Å². The van der Waals surface area contributed by atoms with Crippen LogP contribution in [0, 0.1) is 10.8 Å². The van der Waals surface area contributed by atoms with Crippen molar-refractivity contribution in [1.29, 1.82) is 10.8 Å². The molecule has 0 unspecified atom stereocenters. The molecule has 6 N–H and O–H groups in total. The summed E-state index contributed by atoms with van der Waals surface area (Å²) in [6.07, 6.45) is 4.14. The average Bonchev–Trinajstić information content (AvgIpc) is 2.64. The van der Waals surface area contributed by atoms with Gasteiger partial charge >= 0.3 is 0 Å². The second-order valence-corrected chi connectivity index (χ2v) is 5.99. The van der Waals surface area contributed by atoms with Crippen molar-refractivity contribution in [2.24, 2.45) is 11.5 Å². The number of nitrogens with one attached hydrogen (secondary N) is 2. The Kier molecular flexibility index (Phi) is 9.43. The number of nitrogens with two attached hydrogens (primary N) is 2. The topological polar surface area (TPSA) is 118 Å². The normalized spacial score (nSPS) is 9.93. The molecule has 2 rings (SSSR count). The Labute approximate surface area is 161 Å². The van der Waals surface area contributed by atoms with Crippen LogP contribution in [0.15, 0.2) is 48.5 Å². The maximum absolute atomic E-state index is 7.35. The highest BCUT2D eigenvalue weighted by molar-refractivity contribution is 5.95. The van der Waals surface area contributed by atoms with Gasteiger partial charge in [-0.25, -0.2) is 0 Å². The molecule has 0 bridgehead atoms. The van der Waals surface area contributed by atoms with Crippen molar-refractivity contribution in [1.82, 2.24) is 0 Å². The van der Waals surface area contributed by atoms with Crippen LogP contribution < -0.4 is 20.9 Å². The number of amidine groups is 2. The van der Waals surface area contributed by atoms with Gasteiger partial charge in [-0.2, -0.15) is 0 Å². The van der Waals surface area contributed by atoms with E-state index in [1.165, 1.54) is 0 Å². The molecule has 0 amide bonds. The molecule has 27 heavy (non-hydrogen) atoms. The predicted molar refractivity (Wildman–Crippen MR) is 111 cm³/mol. The highest BCUT2D eigenvalue weighted by Gasteiger charge is 1.99. The van der Waals surface area contributed by atoms with E-state index in [0.717, 1.165) is 37.2 Å². The van der Waals surface area contributed by atoms with E-state index < -0.39 is 0 Å². The smallest absolute Gasteiger partial charge is 0.122 e. The zero-order valence-corrected chi connectivity index (χ0v) is 14.8. The van der Waals surface area contributed by atoms with Crippen LogP contribution in [-0.2, 0) is 0 Å². The lowest BCUT2D eigenvalue weighted by Gasteiger charge is -2.08. The summed E-state index contributed by atoms with van der Waals surface area (Å²) < 4.78 is 11.4. The molecule has 2 aromatic carbocycles. The van der Waals surface area contributed by atoms with Crippen LogP contribution in [0.25, 0.3) is 0 Å². The van der Waals surface area contributed by atoms with E-state index in [1.54, 1.807) is 24.3 Å². The van der Waals surface area contributed by atoms with E-state index >= 15 is 0 Å². The Morgan fingerprint density at radius 1 is 0.630 bits per heavy atom. The van der Waals surface area contributed by atoms with E-state index in [-0.39, 0.29) is 19.1 Å². The molecule has 0 aliphatic rings. The minimum atomic E-state index is 0. The monoisotopic (exact) mass is 370 g/mol. The third kappa shape index (κ3) is 7.81. The van der Waals surface area contributed by atoms with Crippen molar-refractivity contribution in [3.8, 4) is 11.5 Å². The van der Waals surface area contributed by atoms with E-state index in [2.05, 4.69) is 0 Å². The molecular formula is C21H30N4O2. The van der Waals surface area contributed by atoms with Gasteiger partial charge in [-0.15, -0.1) is 0 Å². The summed E-state index contributed by atoms with van der Waals surface area (Å²) in [4.78, 5) is 0. The largest absolute Gasteiger partial charge is 0.494 e. The Morgan fingerprint density at radius 2 is 0.963 bits per heavy atom. The number of benzene rings is 2. The lowest BCUT2D eigenvalue weighted by molar-refractivity contribution is 0.287. The Balaban J connectivity index is 0.00000364. The maximum atomic E-state index is 7.35. The summed E-state index contributed by atoms with van der Waals surface area (Å²) in [6.45, 7) is 1.35. The van der Waals surface area contributed by atoms with Gasteiger partial charge in [0.1, 0.15) is 23.2 Å². The maximum Gasteiger partial charge on any atom is 0.122 e. The Morgan fingerprint density at radius 3 is 1.26 bits per heavy atom. The standard InChI is InChI=1S/C20H26N4O2.CH4/c21-19(22)15-5-9-17(10-6-15)25-13-3-1-2-4-14-26-18-11-7-16(8-12-18)20(23)24;/h5-12H,1-4,13-14H2,(H3,21,22)(H3,23,24);1H4. The van der Waals surface area contributed by atoms with Crippen molar-refractivity contribution in [3.05, 3.63) is 59.7 Å². The number of unbranched alkanes of at least 4 members (excludes halogenated alkanes) is 3. The highest BCUT2D eigenvalue weighted by Crippen LogP contribution is 2.14. The molecule has 0 aliphatic heterocycles. The number of hydrogen-bond acceptors (Lipinski definition) is 4. The van der Waals surface area contributed by atoms with Crippen LogP contribution in [0.2, 0.25) is 0 Å². The van der Waals surface area contributed by atoms with Gasteiger partial charge in [-0.3, -0.25) is 10.8 Å². The van der Waals surface area contributed by atoms with Crippen molar-refractivity contribution >= 4 is 11.7 Å². The van der Waals surface area contributed by atoms with Gasteiger partial charge in [0.2, 0.25) is 0 Å². The molecule has 0 atom stereocenters. The first-order valence-corrected chi connectivity index (χ1v) is 8.71. The Hall–Kier alpha value is -3.02. The number of nitrogen functional groups attached to an aromatic ring is 2. The van der Waals surface area contributed by atoms with Gasteiger partial charge in [0.25, 0.3) is 0 Å². The molecule has 0 spiro atoms. The van der Waals surface area contributed by atoms with Crippen molar-refractivity contribution in [2.45, 2.75) is 33.1 Å². The fourth-order valence-electron chi connectivity index (χ4n) is 2.40. The lowest BCUT2D eigenvalue weighted by atomic mass is 10.2. The van der Waals surface area contributed by atoms with Gasteiger partial charge < -0.3 is 20.9 Å². The van der Waals surface area contributed by atoms with Crippen molar-refractivity contribution in [2.75, 3.05) is 13.2 Å². The summed E-state index contributed by atoms with van der Waals surface area (Å²) >= 11 is 0. The van der Waals surface area contributed by atoms with Crippen molar-refractivity contribution < 1.29 is 9.47 Å². The van der Waals surface area contributed by atoms with Crippen LogP contribution in [0.5, 0.6) is 11.5 Å². The zero-order chi connectivity index (χ0) is 18.8. The van der Waals surface area contributed by atoms with Gasteiger partial charge in [0, 0.05) is 11.1 Å². The molecule has 0 saturated carbocycles. The molecule has 0 heterocycles. The molecular weight excluding hydrogens is 340 g/mol. The first-order valence-electron chi connectivity index (χ1n) is 8.71. The summed E-state index contributed by atoms with van der Waals surface area (Å²) in [5.74, 6) is 1.72. The fraction of sp³-hybridized carbons (Fsp3) is 0.333. The second-order valence-electron chi connectivity index (χ2n) is 5.99. The van der Waals surface area contributed by atoms with Gasteiger partial charge in [0.05, 0.1) is 13.2 Å². The number of ether oxygens (including phenoxy) is 2. The average molecular weight is 370 g/mol. The first kappa shape index (κ1) is 22.0. The van der Waals surface area contributed by atoms with Crippen LogP contribution >= 0.6 is 0 Å². The van der Waals surface area contributed by atoms with Crippen LogP contribution in [0.4, 0.5) is 0 Å². The molecule has 0 saturated heterocycles. The zero-order valence-electron chi connectivity index (χ0n) is 14.8. The van der Waals surface area contributed by atoms with E-state index in [4.69, 9.17) is 31.8 Å². The quantitative estimate of drug-likeness (QED) is 0.272. The van der Waals surface area contributed by atoms with Crippen LogP contribution in [0.1, 0.15) is 44.2 Å². The van der Waals surface area contributed by atoms with Crippen molar-refractivity contribution in [3.63, 3.8) is 0 Å². The SMILES string of the molecule is C.N=C(N)c1ccc(OCCCCCCOc2ccc(C(=N)N)cc2)cc1. The fourth-order valence-corrected chi connectivity index (χ4v) is 2.40. The summed E-state index contributed by atoms with van der Waals surface area (Å²) in [6, 6.07) is 14.5. The lowest BCUT2D eigenvalue weighted by Crippen LogP contribution is -2.10. The molecule has 0 aromatic heterocycles. The minimum absolute atomic E-state index is 0. The molecule has 0 fully saturated rings. The Bertz CT molecular complexity index is 648. The summed E-state index contributed by atoms with van der Waals surface area (Å²) in [5, 5.41) is 14.7. The summed E-state index contributed by atoms with van der Waals surface area (Å²) in [7, 11) is 0. The molecule has 6 heteroatoms. The minimum Gasteiger partial charge on any atom is -0.494 e. The molecule has 2 aromatic rings. The number of rotatable bonds is 11. The molecule has 0 aliphatic carbocycles. The number of hydrogen-bond donors (Lipinski definition) is 4. The van der Waals surface area contributed by atoms with Gasteiger partial charge in [-0.05, 0) is 74.2 Å². The van der Waals surface area contributed by atoms with E-state index in [1.807, 2.05) is 24.3 Å². The highest BCUT2D eigenvalue weighted by atomic mass is 16.5. The molecule has 146 valence electrons. The molecule has 0 radical (unpaired) electrons. The first-order chi connectivity index (χ1) is 12.6. The van der Waals surface area contributed by atoms with E-state index in [0.29, 0.717) is 24.3 Å². The third-order valence-electron chi connectivity index (χ3n) is 3.91. The predicted octanol–water partition coefficient (Wildman–Crippen LogP) is 3.91. The second kappa shape index (κ2) is 11.6. The van der Waals surface area contributed by atoms with Crippen LogP contribution in [-0.4, -0.2) is 24.9 Å².